The molecule has 2 aromatic carbocycles. The molecule has 0 aliphatic heterocycles. The summed E-state index contributed by atoms with van der Waals surface area (Å²) >= 11 is 0. The van der Waals surface area contributed by atoms with Crippen molar-refractivity contribution in [1.29, 1.82) is 0 Å². The minimum Gasteiger partial charge on any atom is -0.493 e. The van der Waals surface area contributed by atoms with Gasteiger partial charge in [0.2, 0.25) is 0 Å². The third-order valence-electron chi connectivity index (χ3n) is 3.27. The van der Waals surface area contributed by atoms with Crippen LogP contribution in [0.25, 0.3) is 0 Å². The Morgan fingerprint density at radius 3 is 2.50 bits per heavy atom. The quantitative estimate of drug-likeness (QED) is 0.757. The Morgan fingerprint density at radius 1 is 1.08 bits per heavy atom. The van der Waals surface area contributed by atoms with Crippen LogP contribution in [0.3, 0.4) is 0 Å². The molecule has 0 aromatic heterocycles. The molecule has 6 nitrogen and oxygen atoms in total. The van der Waals surface area contributed by atoms with Crippen molar-refractivity contribution in [2.75, 3.05) is 19.0 Å². The van der Waals surface area contributed by atoms with Gasteiger partial charge in [0.25, 0.3) is 5.91 Å². The standard InChI is InChI=1S/C18H17F2NO5/c1-3-25-17(23)12-5-4-6-13(9-12)21-16(22)11-7-8-14(26-18(19)20)15(10-11)24-2/h4-10,18H,3H2,1-2H3,(H,21,22). The number of amides is 1. The van der Waals surface area contributed by atoms with E-state index in [4.69, 9.17) is 9.47 Å². The molecule has 0 aliphatic carbocycles. The normalized spacial score (nSPS) is 10.3. The Kier molecular flexibility index (Phi) is 6.48. The van der Waals surface area contributed by atoms with E-state index in [0.29, 0.717) is 11.3 Å². The zero-order valence-electron chi connectivity index (χ0n) is 14.1. The van der Waals surface area contributed by atoms with Crippen molar-refractivity contribution in [2.24, 2.45) is 0 Å². The van der Waals surface area contributed by atoms with E-state index in [1.165, 1.54) is 31.4 Å². The topological polar surface area (TPSA) is 73.9 Å². The predicted octanol–water partition coefficient (Wildman–Crippen LogP) is 3.73. The highest BCUT2D eigenvalue weighted by Crippen LogP contribution is 2.29. The average Bonchev–Trinajstić information content (AvgIpc) is 2.62. The lowest BCUT2D eigenvalue weighted by molar-refractivity contribution is -0.0512. The summed E-state index contributed by atoms with van der Waals surface area (Å²) < 4.78 is 38.9. The minimum atomic E-state index is -3.01. The third-order valence-corrected chi connectivity index (χ3v) is 3.27. The molecular formula is C18H17F2NO5. The minimum absolute atomic E-state index is 0.00164. The van der Waals surface area contributed by atoms with E-state index in [1.54, 1.807) is 25.1 Å². The molecule has 2 aromatic rings. The van der Waals surface area contributed by atoms with Gasteiger partial charge in [-0.25, -0.2) is 4.79 Å². The van der Waals surface area contributed by atoms with Gasteiger partial charge in [-0.1, -0.05) is 6.07 Å². The first-order chi connectivity index (χ1) is 12.4. The summed E-state index contributed by atoms with van der Waals surface area (Å²) in [6, 6.07) is 10.1. The van der Waals surface area contributed by atoms with Gasteiger partial charge in [-0.3, -0.25) is 4.79 Å². The Morgan fingerprint density at radius 2 is 1.85 bits per heavy atom. The van der Waals surface area contributed by atoms with Gasteiger partial charge in [0.1, 0.15) is 0 Å². The fraction of sp³-hybridized carbons (Fsp3) is 0.222. The summed E-state index contributed by atoms with van der Waals surface area (Å²) in [7, 11) is 1.28. The Hall–Kier alpha value is -3.16. The van der Waals surface area contributed by atoms with Gasteiger partial charge >= 0.3 is 12.6 Å². The van der Waals surface area contributed by atoms with Gasteiger partial charge in [-0.2, -0.15) is 8.78 Å². The molecule has 0 atom stereocenters. The molecule has 0 aliphatic rings. The molecule has 0 spiro atoms. The second-order valence-corrected chi connectivity index (χ2v) is 5.00. The van der Waals surface area contributed by atoms with Crippen LogP contribution in [0.1, 0.15) is 27.6 Å². The molecule has 0 unspecified atom stereocenters. The molecule has 0 saturated carbocycles. The molecule has 0 radical (unpaired) electrons. The Bertz CT molecular complexity index is 795. The number of esters is 1. The maximum Gasteiger partial charge on any atom is 0.387 e. The van der Waals surface area contributed by atoms with Crippen molar-refractivity contribution in [2.45, 2.75) is 13.5 Å². The van der Waals surface area contributed by atoms with Crippen molar-refractivity contribution in [3.8, 4) is 11.5 Å². The number of halogens is 2. The summed E-state index contributed by atoms with van der Waals surface area (Å²) in [5.41, 5.74) is 0.848. The number of hydrogen-bond donors (Lipinski definition) is 1. The Labute approximate surface area is 148 Å². The smallest absolute Gasteiger partial charge is 0.387 e. The lowest BCUT2D eigenvalue weighted by atomic mass is 10.1. The van der Waals surface area contributed by atoms with Crippen molar-refractivity contribution >= 4 is 17.6 Å². The Balaban J connectivity index is 2.17. The highest BCUT2D eigenvalue weighted by atomic mass is 19.3. The number of alkyl halides is 2. The molecule has 0 fully saturated rings. The molecule has 8 heteroatoms. The van der Waals surface area contributed by atoms with E-state index in [1.807, 2.05) is 0 Å². The number of ether oxygens (including phenoxy) is 3. The van der Waals surface area contributed by atoms with Crippen LogP contribution < -0.4 is 14.8 Å². The summed E-state index contributed by atoms with van der Waals surface area (Å²) in [5.74, 6) is -1.19. The maximum atomic E-state index is 12.4. The maximum absolute atomic E-state index is 12.4. The zero-order valence-corrected chi connectivity index (χ0v) is 14.1. The summed E-state index contributed by atoms with van der Waals surface area (Å²) in [4.78, 5) is 24.1. The first-order valence-electron chi connectivity index (χ1n) is 7.66. The van der Waals surface area contributed by atoms with Crippen LogP contribution in [0, 0.1) is 0 Å². The van der Waals surface area contributed by atoms with E-state index >= 15 is 0 Å². The largest absolute Gasteiger partial charge is 0.493 e. The summed E-state index contributed by atoms with van der Waals surface area (Å²) in [6.45, 7) is -1.07. The molecule has 0 saturated heterocycles. The molecule has 26 heavy (non-hydrogen) atoms. The second kappa shape index (κ2) is 8.80. The number of hydrogen-bond acceptors (Lipinski definition) is 5. The second-order valence-electron chi connectivity index (χ2n) is 5.00. The van der Waals surface area contributed by atoms with Crippen molar-refractivity contribution in [3.05, 3.63) is 53.6 Å². The van der Waals surface area contributed by atoms with Gasteiger partial charge in [0.05, 0.1) is 19.3 Å². The predicted molar refractivity (Wildman–Crippen MR) is 90.0 cm³/mol. The van der Waals surface area contributed by atoms with Crippen molar-refractivity contribution in [1.82, 2.24) is 0 Å². The van der Waals surface area contributed by atoms with Crippen molar-refractivity contribution < 1.29 is 32.6 Å². The number of anilines is 1. The van der Waals surface area contributed by atoms with Crippen LogP contribution in [0.2, 0.25) is 0 Å². The van der Waals surface area contributed by atoms with Crippen LogP contribution in [0.5, 0.6) is 11.5 Å². The van der Waals surface area contributed by atoms with Crippen LogP contribution in [0.4, 0.5) is 14.5 Å². The molecular weight excluding hydrogens is 348 g/mol. The first kappa shape index (κ1) is 19.2. The van der Waals surface area contributed by atoms with Crippen LogP contribution in [0.15, 0.2) is 42.5 Å². The molecule has 1 amide bonds. The van der Waals surface area contributed by atoms with Gasteiger partial charge in [-0.05, 0) is 43.3 Å². The molecule has 0 bridgehead atoms. The highest BCUT2D eigenvalue weighted by Gasteiger charge is 2.15. The lowest BCUT2D eigenvalue weighted by Crippen LogP contribution is -2.13. The lowest BCUT2D eigenvalue weighted by Gasteiger charge is -2.12. The van der Waals surface area contributed by atoms with Gasteiger partial charge in [0.15, 0.2) is 11.5 Å². The fourth-order valence-corrected chi connectivity index (χ4v) is 2.14. The molecule has 2 rings (SSSR count). The van der Waals surface area contributed by atoms with Crippen LogP contribution >= 0.6 is 0 Å². The van der Waals surface area contributed by atoms with E-state index in [9.17, 15) is 18.4 Å². The van der Waals surface area contributed by atoms with E-state index in [0.717, 1.165) is 0 Å². The molecule has 0 heterocycles. The number of nitrogens with one attached hydrogen (secondary N) is 1. The first-order valence-corrected chi connectivity index (χ1v) is 7.66. The molecule has 138 valence electrons. The van der Waals surface area contributed by atoms with Crippen LogP contribution in [-0.4, -0.2) is 32.2 Å². The number of methoxy groups -OCH3 is 1. The van der Waals surface area contributed by atoms with Crippen LogP contribution in [-0.2, 0) is 4.74 Å². The van der Waals surface area contributed by atoms with Crippen molar-refractivity contribution in [3.63, 3.8) is 0 Å². The summed E-state index contributed by atoms with van der Waals surface area (Å²) in [5, 5.41) is 2.62. The highest BCUT2D eigenvalue weighted by molar-refractivity contribution is 6.05. The monoisotopic (exact) mass is 365 g/mol. The summed E-state index contributed by atoms with van der Waals surface area (Å²) in [6.07, 6.45) is 0. The fourth-order valence-electron chi connectivity index (χ4n) is 2.14. The van der Waals surface area contributed by atoms with Gasteiger partial charge < -0.3 is 19.5 Å². The average molecular weight is 365 g/mol. The third kappa shape index (κ3) is 4.92. The van der Waals surface area contributed by atoms with Gasteiger partial charge in [-0.15, -0.1) is 0 Å². The van der Waals surface area contributed by atoms with E-state index in [2.05, 4.69) is 10.1 Å². The zero-order chi connectivity index (χ0) is 19.1. The number of carbonyl (C=O) groups is 2. The number of rotatable bonds is 7. The number of benzene rings is 2. The molecule has 1 N–H and O–H groups in total. The van der Waals surface area contributed by atoms with E-state index < -0.39 is 18.5 Å². The SMILES string of the molecule is CCOC(=O)c1cccc(NC(=O)c2ccc(OC(F)F)c(OC)c2)c1. The number of carbonyl (C=O) groups excluding carboxylic acids is 2. The van der Waals surface area contributed by atoms with Gasteiger partial charge in [0, 0.05) is 11.3 Å². The van der Waals surface area contributed by atoms with E-state index in [-0.39, 0.29) is 23.7 Å².